The van der Waals surface area contributed by atoms with Gasteiger partial charge in [0.15, 0.2) is 0 Å². The summed E-state index contributed by atoms with van der Waals surface area (Å²) in [6, 6.07) is 4.24. The molecule has 1 heterocycles. The van der Waals surface area contributed by atoms with Crippen molar-refractivity contribution in [3.8, 4) is 17.0 Å². The van der Waals surface area contributed by atoms with Gasteiger partial charge in [-0.15, -0.1) is 11.3 Å². The predicted octanol–water partition coefficient (Wildman–Crippen LogP) is 3.20. The molecule has 0 aliphatic heterocycles. The first-order valence-electron chi connectivity index (χ1n) is 6.40. The third-order valence-corrected chi connectivity index (χ3v) is 4.14. The summed E-state index contributed by atoms with van der Waals surface area (Å²) in [5.74, 6) is 0.897. The Kier molecular flexibility index (Phi) is 4.56. The Balaban J connectivity index is 2.35. The predicted molar refractivity (Wildman–Crippen MR) is 81.2 cm³/mol. The lowest BCUT2D eigenvalue weighted by Crippen LogP contribution is -2.09. The Morgan fingerprint density at radius 1 is 1.26 bits per heavy atom. The fourth-order valence-electron chi connectivity index (χ4n) is 1.94. The van der Waals surface area contributed by atoms with Gasteiger partial charge in [0, 0.05) is 23.9 Å². The number of aromatic nitrogens is 1. The highest BCUT2D eigenvalue weighted by atomic mass is 32.1. The van der Waals surface area contributed by atoms with Crippen molar-refractivity contribution in [3.63, 3.8) is 0 Å². The van der Waals surface area contributed by atoms with Crippen LogP contribution in [0.25, 0.3) is 11.3 Å². The van der Waals surface area contributed by atoms with Gasteiger partial charge in [0.2, 0.25) is 0 Å². The number of hydrogen-bond acceptors (Lipinski definition) is 4. The average Bonchev–Trinajstić information content (AvgIpc) is 2.87. The van der Waals surface area contributed by atoms with E-state index in [-0.39, 0.29) is 0 Å². The van der Waals surface area contributed by atoms with Crippen LogP contribution in [0, 0.1) is 13.8 Å². The number of benzene rings is 1. The Morgan fingerprint density at radius 3 is 2.68 bits per heavy atom. The summed E-state index contributed by atoms with van der Waals surface area (Å²) in [5, 5.41) is 6.41. The van der Waals surface area contributed by atoms with Crippen molar-refractivity contribution in [3.05, 3.63) is 33.6 Å². The van der Waals surface area contributed by atoms with E-state index in [9.17, 15) is 0 Å². The highest BCUT2D eigenvalue weighted by Crippen LogP contribution is 2.33. The molecule has 1 aromatic carbocycles. The van der Waals surface area contributed by atoms with Crippen LogP contribution in [-0.2, 0) is 6.42 Å². The van der Waals surface area contributed by atoms with E-state index >= 15 is 0 Å². The molecule has 0 saturated carbocycles. The largest absolute Gasteiger partial charge is 0.496 e. The Bertz CT molecular complexity index is 563. The lowest BCUT2D eigenvalue weighted by Gasteiger charge is -2.10. The summed E-state index contributed by atoms with van der Waals surface area (Å²) in [6.07, 6.45) is 0.967. The van der Waals surface area contributed by atoms with Crippen LogP contribution in [0.3, 0.4) is 0 Å². The highest BCUT2D eigenvalue weighted by molar-refractivity contribution is 7.09. The first-order chi connectivity index (χ1) is 9.15. The fraction of sp³-hybridized carbons (Fsp3) is 0.400. The van der Waals surface area contributed by atoms with E-state index in [1.165, 1.54) is 11.1 Å². The molecule has 0 radical (unpaired) electrons. The van der Waals surface area contributed by atoms with Gasteiger partial charge >= 0.3 is 0 Å². The molecule has 0 aliphatic rings. The maximum Gasteiger partial charge on any atom is 0.128 e. The fourth-order valence-corrected chi connectivity index (χ4v) is 2.74. The number of nitrogens with one attached hydrogen (secondary N) is 1. The van der Waals surface area contributed by atoms with Gasteiger partial charge in [-0.05, 0) is 44.2 Å². The van der Waals surface area contributed by atoms with Gasteiger partial charge in [-0.3, -0.25) is 0 Å². The number of methoxy groups -OCH3 is 1. The van der Waals surface area contributed by atoms with E-state index in [1.807, 2.05) is 7.05 Å². The standard InChI is InChI=1S/C15H20N2OS/c1-10-7-12(14(18-4)8-11(10)2)13-9-19-15(17-13)5-6-16-3/h7-9,16H,5-6H2,1-4H3. The van der Waals surface area contributed by atoms with Crippen LogP contribution >= 0.6 is 11.3 Å². The quantitative estimate of drug-likeness (QED) is 0.910. The SMILES string of the molecule is CNCCc1nc(-c2cc(C)c(C)cc2OC)cs1. The molecule has 19 heavy (non-hydrogen) atoms. The minimum Gasteiger partial charge on any atom is -0.496 e. The molecule has 4 heteroatoms. The number of likely N-dealkylation sites (N-methyl/N-ethyl adjacent to an activating group) is 1. The van der Waals surface area contributed by atoms with E-state index in [4.69, 9.17) is 9.72 Å². The van der Waals surface area contributed by atoms with Crippen molar-refractivity contribution in [1.29, 1.82) is 0 Å². The first-order valence-corrected chi connectivity index (χ1v) is 7.28. The van der Waals surface area contributed by atoms with E-state index in [0.717, 1.165) is 35.0 Å². The smallest absolute Gasteiger partial charge is 0.128 e. The van der Waals surface area contributed by atoms with Crippen molar-refractivity contribution in [2.45, 2.75) is 20.3 Å². The zero-order chi connectivity index (χ0) is 13.8. The second kappa shape index (κ2) is 6.17. The minimum atomic E-state index is 0.897. The summed E-state index contributed by atoms with van der Waals surface area (Å²) >= 11 is 1.71. The van der Waals surface area contributed by atoms with E-state index in [1.54, 1.807) is 18.4 Å². The maximum atomic E-state index is 5.48. The van der Waals surface area contributed by atoms with Crippen molar-refractivity contribution in [1.82, 2.24) is 10.3 Å². The second-order valence-electron chi connectivity index (χ2n) is 4.62. The van der Waals surface area contributed by atoms with Crippen LogP contribution in [0.4, 0.5) is 0 Å². The molecule has 0 saturated heterocycles. The molecule has 2 rings (SSSR count). The minimum absolute atomic E-state index is 0.897. The zero-order valence-corrected chi connectivity index (χ0v) is 12.7. The summed E-state index contributed by atoms with van der Waals surface area (Å²) in [4.78, 5) is 4.70. The average molecular weight is 276 g/mol. The molecular formula is C15H20N2OS. The lowest BCUT2D eigenvalue weighted by atomic mass is 10.0. The number of ether oxygens (including phenoxy) is 1. The molecule has 2 aromatic rings. The molecule has 0 aliphatic carbocycles. The molecule has 0 atom stereocenters. The topological polar surface area (TPSA) is 34.2 Å². The highest BCUT2D eigenvalue weighted by Gasteiger charge is 2.11. The third-order valence-electron chi connectivity index (χ3n) is 3.23. The van der Waals surface area contributed by atoms with Crippen molar-refractivity contribution < 1.29 is 4.74 Å². The molecule has 0 spiro atoms. The molecule has 0 amide bonds. The molecule has 102 valence electrons. The normalized spacial score (nSPS) is 10.7. The van der Waals surface area contributed by atoms with Crippen LogP contribution in [0.2, 0.25) is 0 Å². The first kappa shape index (κ1) is 14.0. The van der Waals surface area contributed by atoms with E-state index in [0.29, 0.717) is 0 Å². The molecule has 3 nitrogen and oxygen atoms in total. The van der Waals surface area contributed by atoms with Crippen LogP contribution in [0.5, 0.6) is 5.75 Å². The molecular weight excluding hydrogens is 256 g/mol. The van der Waals surface area contributed by atoms with Crippen LogP contribution in [0.1, 0.15) is 16.1 Å². The Labute approximate surface area is 118 Å². The maximum absolute atomic E-state index is 5.48. The Hall–Kier alpha value is -1.39. The van der Waals surface area contributed by atoms with Gasteiger partial charge in [-0.2, -0.15) is 0 Å². The molecule has 1 aromatic heterocycles. The molecule has 0 fully saturated rings. The van der Waals surface area contributed by atoms with Gasteiger partial charge in [0.25, 0.3) is 0 Å². The van der Waals surface area contributed by atoms with Crippen LogP contribution in [0.15, 0.2) is 17.5 Å². The summed E-state index contributed by atoms with van der Waals surface area (Å²) in [5.41, 5.74) is 4.60. The van der Waals surface area contributed by atoms with Gasteiger partial charge in [-0.25, -0.2) is 4.98 Å². The molecule has 0 bridgehead atoms. The van der Waals surface area contributed by atoms with Crippen molar-refractivity contribution in [2.75, 3.05) is 20.7 Å². The third kappa shape index (κ3) is 3.14. The lowest BCUT2D eigenvalue weighted by molar-refractivity contribution is 0.416. The van der Waals surface area contributed by atoms with E-state index in [2.05, 4.69) is 36.7 Å². The monoisotopic (exact) mass is 276 g/mol. The summed E-state index contributed by atoms with van der Waals surface area (Å²) < 4.78 is 5.48. The number of rotatable bonds is 5. The molecule has 1 N–H and O–H groups in total. The van der Waals surface area contributed by atoms with Gasteiger partial charge in [0.1, 0.15) is 5.75 Å². The number of thiazole rings is 1. The van der Waals surface area contributed by atoms with Gasteiger partial charge < -0.3 is 10.1 Å². The summed E-state index contributed by atoms with van der Waals surface area (Å²) in [7, 11) is 3.67. The second-order valence-corrected chi connectivity index (χ2v) is 5.56. The number of aryl methyl sites for hydroxylation is 2. The Morgan fingerprint density at radius 2 is 2.00 bits per heavy atom. The van der Waals surface area contributed by atoms with E-state index < -0.39 is 0 Å². The van der Waals surface area contributed by atoms with Gasteiger partial charge in [0.05, 0.1) is 17.8 Å². The van der Waals surface area contributed by atoms with Gasteiger partial charge in [-0.1, -0.05) is 0 Å². The number of nitrogens with zero attached hydrogens (tertiary/aromatic N) is 1. The summed E-state index contributed by atoms with van der Waals surface area (Å²) in [6.45, 7) is 5.17. The zero-order valence-electron chi connectivity index (χ0n) is 11.9. The van der Waals surface area contributed by atoms with Crippen LogP contribution in [-0.4, -0.2) is 25.7 Å². The molecule has 0 unspecified atom stereocenters. The van der Waals surface area contributed by atoms with Crippen molar-refractivity contribution >= 4 is 11.3 Å². The number of hydrogen-bond donors (Lipinski definition) is 1. The van der Waals surface area contributed by atoms with Crippen LogP contribution < -0.4 is 10.1 Å². The van der Waals surface area contributed by atoms with Crippen molar-refractivity contribution in [2.24, 2.45) is 0 Å².